The molecular formula is C42H37N5O4S2. The first-order valence-electron chi connectivity index (χ1n) is 17.1. The molecule has 4 aromatic carbocycles. The molecule has 0 radical (unpaired) electrons. The van der Waals surface area contributed by atoms with Gasteiger partial charge in [0.1, 0.15) is 16.8 Å². The van der Waals surface area contributed by atoms with Crippen molar-refractivity contribution in [3.05, 3.63) is 142 Å². The Bertz CT molecular complexity index is 2210. The zero-order valence-corrected chi connectivity index (χ0v) is 30.9. The molecule has 4 amide bonds. The van der Waals surface area contributed by atoms with E-state index in [9.17, 15) is 24.4 Å². The first-order valence-corrected chi connectivity index (χ1v) is 18.8. The van der Waals surface area contributed by atoms with Crippen LogP contribution in [-0.4, -0.2) is 40.3 Å². The van der Waals surface area contributed by atoms with Crippen molar-refractivity contribution in [1.82, 2.24) is 10.2 Å². The number of nitriles is 1. The van der Waals surface area contributed by atoms with Crippen molar-refractivity contribution in [3.63, 3.8) is 0 Å². The number of carbonyl (C=O) groups excluding carboxylic acids is 4. The third kappa shape index (κ3) is 9.10. The summed E-state index contributed by atoms with van der Waals surface area (Å²) >= 11 is 2.69. The maximum absolute atomic E-state index is 13.8. The van der Waals surface area contributed by atoms with E-state index in [1.807, 2.05) is 73.7 Å². The lowest BCUT2D eigenvalue weighted by atomic mass is 10.0. The molecule has 0 saturated carbocycles. The Kier molecular flexibility index (Phi) is 11.8. The zero-order chi connectivity index (χ0) is 37.3. The van der Waals surface area contributed by atoms with Gasteiger partial charge in [-0.05, 0) is 71.5 Å². The number of carbonyl (C=O) groups is 4. The quantitative estimate of drug-likeness (QED) is 0.0927. The van der Waals surface area contributed by atoms with Crippen LogP contribution < -0.4 is 16.0 Å². The van der Waals surface area contributed by atoms with Gasteiger partial charge in [-0.25, -0.2) is 0 Å². The monoisotopic (exact) mass is 739 g/mol. The summed E-state index contributed by atoms with van der Waals surface area (Å²) in [5.74, 6) is -1.19. The van der Waals surface area contributed by atoms with Crippen LogP contribution in [-0.2, 0) is 27.3 Å². The van der Waals surface area contributed by atoms with E-state index in [1.54, 1.807) is 53.4 Å². The number of hydrogen-bond acceptors (Lipinski definition) is 7. The normalized spacial score (nSPS) is 12.9. The van der Waals surface area contributed by atoms with Gasteiger partial charge in [-0.15, -0.1) is 23.1 Å². The average Bonchev–Trinajstić information content (AvgIpc) is 3.53. The lowest BCUT2D eigenvalue weighted by Gasteiger charge is -2.25. The fourth-order valence-electron chi connectivity index (χ4n) is 5.91. The molecule has 9 nitrogen and oxygen atoms in total. The number of nitrogens with zero attached hydrogens (tertiary/aromatic N) is 2. The fraction of sp³-hybridized carbons (Fsp3) is 0.167. The van der Waals surface area contributed by atoms with Crippen LogP contribution in [0.25, 0.3) is 17.2 Å². The van der Waals surface area contributed by atoms with Gasteiger partial charge in [0.25, 0.3) is 11.8 Å². The molecule has 0 aliphatic carbocycles. The predicted octanol–water partition coefficient (Wildman–Crippen LogP) is 8.11. The van der Waals surface area contributed by atoms with Crippen LogP contribution >= 0.6 is 23.1 Å². The SMILES string of the molecule is CCC(Sc1cccc(NC(=O)/C(=C\c2ccc(-c3ccccc3)cc2)NC(=O)c2ccccc2)c1)C(=O)Nc1sc2c(c1C#N)CCN(C(C)=O)C2. The summed E-state index contributed by atoms with van der Waals surface area (Å²) < 4.78 is 0. The molecule has 266 valence electrons. The number of benzene rings is 4. The average molecular weight is 740 g/mol. The zero-order valence-electron chi connectivity index (χ0n) is 29.2. The van der Waals surface area contributed by atoms with Crippen LogP contribution in [0.1, 0.15) is 52.2 Å². The van der Waals surface area contributed by atoms with Gasteiger partial charge in [-0.1, -0.05) is 85.8 Å². The van der Waals surface area contributed by atoms with Gasteiger partial charge >= 0.3 is 0 Å². The topological polar surface area (TPSA) is 131 Å². The largest absolute Gasteiger partial charge is 0.337 e. The summed E-state index contributed by atoms with van der Waals surface area (Å²) in [7, 11) is 0. The fourth-order valence-corrected chi connectivity index (χ4v) is 8.14. The van der Waals surface area contributed by atoms with Crippen molar-refractivity contribution in [3.8, 4) is 17.2 Å². The maximum atomic E-state index is 13.8. The van der Waals surface area contributed by atoms with Gasteiger partial charge < -0.3 is 20.9 Å². The molecule has 11 heteroatoms. The maximum Gasteiger partial charge on any atom is 0.272 e. The van der Waals surface area contributed by atoms with Gasteiger partial charge in [0.2, 0.25) is 11.8 Å². The number of nitrogens with one attached hydrogen (secondary N) is 3. The molecule has 1 atom stereocenters. The summed E-state index contributed by atoms with van der Waals surface area (Å²) in [4.78, 5) is 55.8. The molecule has 1 aromatic heterocycles. The first-order chi connectivity index (χ1) is 25.7. The Hall–Kier alpha value is -5.96. The molecule has 0 spiro atoms. The van der Waals surface area contributed by atoms with Crippen molar-refractivity contribution in [2.24, 2.45) is 0 Å². The lowest BCUT2D eigenvalue weighted by molar-refractivity contribution is -0.129. The Labute approximate surface area is 316 Å². The van der Waals surface area contributed by atoms with E-state index in [1.165, 1.54) is 30.0 Å². The molecule has 6 rings (SSSR count). The highest BCUT2D eigenvalue weighted by molar-refractivity contribution is 8.00. The van der Waals surface area contributed by atoms with Crippen molar-refractivity contribution in [2.75, 3.05) is 17.2 Å². The van der Waals surface area contributed by atoms with Gasteiger partial charge in [0.15, 0.2) is 0 Å². The Morgan fingerprint density at radius 2 is 1.60 bits per heavy atom. The molecule has 0 fully saturated rings. The molecule has 1 aliphatic rings. The summed E-state index contributed by atoms with van der Waals surface area (Å²) in [6, 6.07) is 35.8. The summed E-state index contributed by atoms with van der Waals surface area (Å²) in [6.45, 7) is 4.41. The number of anilines is 2. The Balaban J connectivity index is 1.17. The van der Waals surface area contributed by atoms with Crippen LogP contribution in [0.4, 0.5) is 10.7 Å². The summed E-state index contributed by atoms with van der Waals surface area (Å²) in [6.07, 6.45) is 2.72. The predicted molar refractivity (Wildman–Crippen MR) is 211 cm³/mol. The summed E-state index contributed by atoms with van der Waals surface area (Å²) in [5.41, 5.74) is 5.14. The van der Waals surface area contributed by atoms with Crippen LogP contribution in [0.2, 0.25) is 0 Å². The van der Waals surface area contributed by atoms with E-state index in [0.717, 1.165) is 32.0 Å². The number of fused-ring (bicyclic) bond motifs is 1. The van der Waals surface area contributed by atoms with Crippen molar-refractivity contribution < 1.29 is 19.2 Å². The van der Waals surface area contributed by atoms with Gasteiger partial charge in [0, 0.05) is 34.5 Å². The minimum absolute atomic E-state index is 0.0213. The van der Waals surface area contributed by atoms with E-state index in [0.29, 0.717) is 47.7 Å². The van der Waals surface area contributed by atoms with Gasteiger partial charge in [-0.2, -0.15) is 5.26 Å². The van der Waals surface area contributed by atoms with E-state index in [-0.39, 0.29) is 17.5 Å². The molecule has 1 unspecified atom stereocenters. The number of thioether (sulfide) groups is 1. The minimum Gasteiger partial charge on any atom is -0.337 e. The molecule has 0 bridgehead atoms. The van der Waals surface area contributed by atoms with Crippen LogP contribution in [0.3, 0.4) is 0 Å². The highest BCUT2D eigenvalue weighted by atomic mass is 32.2. The van der Waals surface area contributed by atoms with Crippen LogP contribution in [0, 0.1) is 11.3 Å². The molecule has 53 heavy (non-hydrogen) atoms. The first kappa shape index (κ1) is 36.8. The molecule has 5 aromatic rings. The highest BCUT2D eigenvalue weighted by Gasteiger charge is 2.28. The van der Waals surface area contributed by atoms with E-state index < -0.39 is 17.1 Å². The Morgan fingerprint density at radius 1 is 0.906 bits per heavy atom. The number of hydrogen-bond donors (Lipinski definition) is 3. The van der Waals surface area contributed by atoms with Crippen molar-refractivity contribution in [2.45, 2.75) is 43.4 Å². The third-order valence-electron chi connectivity index (χ3n) is 8.74. The number of thiophene rings is 1. The second kappa shape index (κ2) is 17.0. The molecule has 0 saturated heterocycles. The smallest absolute Gasteiger partial charge is 0.272 e. The van der Waals surface area contributed by atoms with Gasteiger partial charge in [0.05, 0.1) is 17.4 Å². The van der Waals surface area contributed by atoms with Crippen LogP contribution in [0.15, 0.2) is 120 Å². The number of amides is 4. The lowest BCUT2D eigenvalue weighted by Crippen LogP contribution is -2.33. The summed E-state index contributed by atoms with van der Waals surface area (Å²) in [5, 5.41) is 18.6. The molecule has 1 aliphatic heterocycles. The highest BCUT2D eigenvalue weighted by Crippen LogP contribution is 2.38. The van der Waals surface area contributed by atoms with Crippen molar-refractivity contribution >= 4 is 63.5 Å². The van der Waals surface area contributed by atoms with E-state index in [4.69, 9.17) is 0 Å². The molecule has 2 heterocycles. The van der Waals surface area contributed by atoms with Gasteiger partial charge in [-0.3, -0.25) is 19.2 Å². The second-order valence-electron chi connectivity index (χ2n) is 12.4. The Morgan fingerprint density at radius 3 is 2.28 bits per heavy atom. The van der Waals surface area contributed by atoms with Crippen LogP contribution in [0.5, 0.6) is 0 Å². The second-order valence-corrected chi connectivity index (χ2v) is 14.7. The molecular weight excluding hydrogens is 703 g/mol. The van der Waals surface area contributed by atoms with E-state index in [2.05, 4.69) is 22.0 Å². The van der Waals surface area contributed by atoms with E-state index >= 15 is 0 Å². The standard InChI is InChI=1S/C42H37N5O4S2/c1-3-37(41(51)46-42-35(25-43)34-21-22-47(27(2)48)26-38(34)53-42)52-33-16-10-15-32(24-33)44-40(50)36(45-39(49)31-13-8-5-9-14-31)23-28-17-19-30(20-18-28)29-11-6-4-7-12-29/h4-20,23-24,37H,3,21-22,26H2,1-2H3,(H,44,50)(H,45,49)(H,46,51)/b36-23+. The van der Waals surface area contributed by atoms with Crippen molar-refractivity contribution in [1.29, 1.82) is 5.26 Å². The molecule has 3 N–H and O–H groups in total. The minimum atomic E-state index is -0.512. The number of rotatable bonds is 11. The third-order valence-corrected chi connectivity index (χ3v) is 11.2.